The number of H-pyrrole nitrogens is 1. The number of rotatable bonds is 63. The highest BCUT2D eigenvalue weighted by Gasteiger charge is 2.42. The number of para-hydroxylation sites is 1. The monoisotopic (exact) mass is 2020 g/mol. The average molecular weight is 2020 g/mol. The van der Waals surface area contributed by atoms with E-state index in [1.54, 1.807) is 147 Å². The minimum atomic E-state index is -1.91. The van der Waals surface area contributed by atoms with E-state index in [0.717, 1.165) is 4.90 Å². The van der Waals surface area contributed by atoms with Gasteiger partial charge in [0.2, 0.25) is 118 Å². The van der Waals surface area contributed by atoms with E-state index in [2.05, 4.69) is 101 Å². The van der Waals surface area contributed by atoms with Crippen molar-refractivity contribution in [2.24, 2.45) is 40.9 Å². The lowest BCUT2D eigenvalue weighted by molar-refractivity contribution is -0.142. The molecule has 15 atom stereocenters. The largest absolute Gasteiger partial charge is 0.481 e. The zero-order chi connectivity index (χ0) is 107. The van der Waals surface area contributed by atoms with Crippen molar-refractivity contribution in [3.8, 4) is 0 Å². The second-order valence-corrected chi connectivity index (χ2v) is 36.4. The van der Waals surface area contributed by atoms with Gasteiger partial charge in [0.05, 0.1) is 52.4 Å². The number of likely N-dealkylation sites (tertiary alicyclic amines) is 1. The number of primary amides is 1. The smallest absolute Gasteiger partial charge is 0.322 e. The van der Waals surface area contributed by atoms with Crippen molar-refractivity contribution >= 4 is 141 Å². The molecule has 1 aromatic heterocycles. The van der Waals surface area contributed by atoms with Gasteiger partial charge in [0, 0.05) is 49.3 Å². The molecule has 4 aromatic rings. The van der Waals surface area contributed by atoms with Crippen LogP contribution in [0.2, 0.25) is 0 Å². The maximum atomic E-state index is 14.9. The lowest BCUT2D eigenvalue weighted by atomic mass is 9.99. The SMILES string of the molecule is CC(C)C[C@H](NC(=O)CNC(=O)[C@H](CC(C)C)NC(=O)[C@H](CCCCN)NC(=O)[C@H](CC(C)C)NC(=O)[C@H](Cc1c[nH]c2ccccc12)NC(=O)CNC(=O)[C@H](CC(N)=O)NC(=O)[C@H](CO)NC(=O)[C@@H]1CCCN1C(=O)[C@H](C)NC(=O)[C@H](CO)NC(=O)CNC(=O)[C@H](Cc1ccccc1)NC(=O)[C@H](CO)NC(=O)CN)C(=O)N[C@H](C(=O)N[C@@H](CCC(=O)O)C(=O)N[C@@H](Cc1ccccc1)C(=O)NCC(=O)O)C(C)C. The number of aliphatic hydroxyl groups excluding tert-OH is 3. The zero-order valence-corrected chi connectivity index (χ0v) is 82.0. The topological polar surface area (TPSA) is 790 Å². The van der Waals surface area contributed by atoms with E-state index in [0.29, 0.717) is 34.0 Å². The van der Waals surface area contributed by atoms with Gasteiger partial charge in [-0.1, -0.05) is 134 Å². The fourth-order valence-corrected chi connectivity index (χ4v) is 15.3. The number of nitrogens with one attached hydrogen (secondary N) is 19. The molecule has 1 fully saturated rings. The van der Waals surface area contributed by atoms with Crippen molar-refractivity contribution in [1.29, 1.82) is 0 Å². The van der Waals surface area contributed by atoms with Crippen LogP contribution in [-0.4, -0.2) is 322 Å². The van der Waals surface area contributed by atoms with Gasteiger partial charge in [-0.25, -0.2) is 0 Å². The Morgan fingerprint density at radius 1 is 0.389 bits per heavy atom. The van der Waals surface area contributed by atoms with E-state index >= 15 is 0 Å². The van der Waals surface area contributed by atoms with Gasteiger partial charge in [-0.2, -0.15) is 0 Å². The Bertz CT molecular complexity index is 5080. The number of nitrogens with two attached hydrogens (primary N) is 3. The van der Waals surface area contributed by atoms with Crippen LogP contribution >= 0.6 is 0 Å². The van der Waals surface area contributed by atoms with Crippen molar-refractivity contribution in [2.75, 3.05) is 65.6 Å². The molecular weight excluding hydrogens is 1880 g/mol. The minimum absolute atomic E-state index is 0.0236. The van der Waals surface area contributed by atoms with Crippen LogP contribution in [0.15, 0.2) is 91.1 Å². The molecule has 144 heavy (non-hydrogen) atoms. The number of amides is 20. The van der Waals surface area contributed by atoms with Crippen LogP contribution in [0.4, 0.5) is 0 Å². The summed E-state index contributed by atoms with van der Waals surface area (Å²) in [7, 11) is 0. The number of hydrogen-bond acceptors (Lipinski definition) is 27. The molecular formula is C94H139N23O27. The summed E-state index contributed by atoms with van der Waals surface area (Å²) in [6.45, 7) is 7.90. The summed E-state index contributed by atoms with van der Waals surface area (Å²) in [6.07, 6.45) is -0.466. The predicted octanol–water partition coefficient (Wildman–Crippen LogP) is -7.86. The van der Waals surface area contributed by atoms with Crippen LogP contribution in [0.25, 0.3) is 10.9 Å². The normalized spacial score (nSPS) is 15.2. The molecule has 20 amide bonds. The predicted molar refractivity (Wildman–Crippen MR) is 517 cm³/mol. The third-order valence-corrected chi connectivity index (χ3v) is 22.7. The van der Waals surface area contributed by atoms with Crippen molar-refractivity contribution in [1.82, 2.24) is 106 Å². The van der Waals surface area contributed by atoms with Crippen LogP contribution in [0, 0.1) is 23.7 Å². The number of aliphatic hydroxyl groups is 3. The van der Waals surface area contributed by atoms with Gasteiger partial charge in [-0.3, -0.25) is 105 Å². The van der Waals surface area contributed by atoms with Crippen LogP contribution in [-0.2, 0) is 125 Å². The van der Waals surface area contributed by atoms with E-state index in [-0.39, 0.29) is 95.1 Å². The zero-order valence-electron chi connectivity index (χ0n) is 82.0. The highest BCUT2D eigenvalue weighted by atomic mass is 16.4. The summed E-state index contributed by atoms with van der Waals surface area (Å²) >= 11 is 0. The highest BCUT2D eigenvalue weighted by Crippen LogP contribution is 2.23. The average Bonchev–Trinajstić information content (AvgIpc) is 1.67. The molecule has 1 saturated heterocycles. The van der Waals surface area contributed by atoms with E-state index in [1.807, 2.05) is 0 Å². The van der Waals surface area contributed by atoms with Gasteiger partial charge in [0.15, 0.2) is 0 Å². The van der Waals surface area contributed by atoms with Gasteiger partial charge < -0.3 is 148 Å². The summed E-state index contributed by atoms with van der Waals surface area (Å²) in [6, 6.07) is 0.617. The molecule has 50 nitrogen and oxygen atoms in total. The molecule has 792 valence electrons. The number of aliphatic carboxylic acids is 2. The molecule has 0 spiro atoms. The van der Waals surface area contributed by atoms with Crippen molar-refractivity contribution in [2.45, 2.75) is 243 Å². The molecule has 50 heteroatoms. The summed E-state index contributed by atoms with van der Waals surface area (Å²) in [5.74, 6) is -24.0. The molecule has 5 rings (SSSR count). The number of carbonyl (C=O) groups excluding carboxylic acids is 20. The molecule has 0 bridgehead atoms. The van der Waals surface area contributed by atoms with E-state index in [9.17, 15) is 131 Å². The quantitative estimate of drug-likeness (QED) is 0.0183. The molecule has 0 unspecified atom stereocenters. The number of hydrogen-bond donors (Lipinski definition) is 27. The second-order valence-electron chi connectivity index (χ2n) is 36.4. The van der Waals surface area contributed by atoms with Gasteiger partial charge in [0.1, 0.15) is 97.2 Å². The maximum absolute atomic E-state index is 14.9. The Labute approximate surface area is 831 Å². The Hall–Kier alpha value is -14.7. The van der Waals surface area contributed by atoms with Gasteiger partial charge in [-0.15, -0.1) is 0 Å². The molecule has 30 N–H and O–H groups in total. The fourth-order valence-electron chi connectivity index (χ4n) is 15.3. The Kier molecular flexibility index (Phi) is 51.0. The third kappa shape index (κ3) is 41.5. The Morgan fingerprint density at radius 3 is 1.25 bits per heavy atom. The summed E-state index contributed by atoms with van der Waals surface area (Å²) in [5, 5.41) is 93.8. The molecule has 3 aromatic carbocycles. The number of aromatic amines is 1. The van der Waals surface area contributed by atoms with Crippen molar-refractivity contribution in [3.63, 3.8) is 0 Å². The fraction of sp³-hybridized carbons (Fsp3) is 0.553. The van der Waals surface area contributed by atoms with Gasteiger partial charge in [-0.05, 0) is 118 Å². The van der Waals surface area contributed by atoms with Gasteiger partial charge >= 0.3 is 11.9 Å². The number of nitrogens with zero attached hydrogens (tertiary/aromatic N) is 1. The van der Waals surface area contributed by atoms with Crippen molar-refractivity contribution in [3.05, 3.63) is 108 Å². The lowest BCUT2D eigenvalue weighted by Crippen LogP contribution is -2.60. The Balaban J connectivity index is 1.24. The Morgan fingerprint density at radius 2 is 0.771 bits per heavy atom. The summed E-state index contributed by atoms with van der Waals surface area (Å²) in [4.78, 5) is 303. The number of benzene rings is 3. The van der Waals surface area contributed by atoms with E-state index in [1.165, 1.54) is 6.92 Å². The van der Waals surface area contributed by atoms with Crippen LogP contribution in [0.3, 0.4) is 0 Å². The molecule has 0 saturated carbocycles. The number of unbranched alkanes of at least 4 members (excludes halogenated alkanes) is 1. The van der Waals surface area contributed by atoms with E-state index in [4.69, 9.17) is 17.2 Å². The first-order valence-electron chi connectivity index (χ1n) is 47.4. The highest BCUT2D eigenvalue weighted by molar-refractivity contribution is 6.02. The van der Waals surface area contributed by atoms with Crippen LogP contribution in [0.1, 0.15) is 150 Å². The third-order valence-electron chi connectivity index (χ3n) is 22.7. The number of carboxylic acids is 2. The number of fused-ring (bicyclic) bond motifs is 1. The second kappa shape index (κ2) is 61.2. The molecule has 1 aliphatic rings. The number of aromatic nitrogens is 1. The summed E-state index contributed by atoms with van der Waals surface area (Å²) in [5.41, 5.74) is 18.9. The molecule has 2 heterocycles. The molecule has 1 aliphatic heterocycles. The summed E-state index contributed by atoms with van der Waals surface area (Å²) < 4.78 is 0. The first-order valence-corrected chi connectivity index (χ1v) is 47.4. The molecule has 0 radical (unpaired) electrons. The van der Waals surface area contributed by atoms with E-state index < -0.39 is 298 Å². The molecule has 0 aliphatic carbocycles. The van der Waals surface area contributed by atoms with Crippen LogP contribution in [0.5, 0.6) is 0 Å². The lowest BCUT2D eigenvalue weighted by Gasteiger charge is -2.29. The maximum Gasteiger partial charge on any atom is 0.322 e. The minimum Gasteiger partial charge on any atom is -0.481 e. The first-order chi connectivity index (χ1) is 68.2. The van der Waals surface area contributed by atoms with Gasteiger partial charge in [0.25, 0.3) is 0 Å². The number of carboxylic acid groups (broad SMARTS) is 2. The standard InChI is InChI=1S/C94H139N23O27/c1-49(2)33-61(80(130)99-42-74(123)104-62(34-50(3)4)88(138)116-79(52(7)8)93(143)109-60(29-30-77(126)127)85(135)112-65(82(132)102-45-78(128)129)37-55-23-14-11-15-24-55)110-84(134)59(27-18-19-31-95)108-86(136)63(35-51(5)6)111-87(137)66(38-56-41-98-58-26-17-16-25-57(56)58)105-75(124)43-101-83(133)67(39-72(97)121)114-91(141)70(48-120)115-92(142)71-28-20-32-117(71)94(144)53(9)103-89(139)68(46-118)107-76(125)44-100-81(131)64(36-54-21-12-10-13-22-54)113-90(140)69(47-119)106-73(122)40-96/h10-17,21-26,41,49-53,59-71,79,98,118-120H,18-20,27-40,42-48,95-96H2,1-9H3,(H2,97,121)(H,99,130)(H,100,131)(H,101,133)(H,102,132)(H,103,139)(H,104,123)(H,105,124)(H,106,122)(H,107,125)(H,108,136)(H,109,143)(H,110,134)(H,111,137)(H,112,135)(H,113,140)(H,114,141)(H,115,142)(H,116,138)(H,126,127)(H,128,129)/t53-,59-,60-,61-,62-,63-,64-,65-,66-,67-,68-,69-,70-,71-,79-/m0/s1. The first kappa shape index (κ1) is 120. The van der Waals surface area contributed by atoms with Crippen molar-refractivity contribution < 1.29 is 131 Å². The van der Waals surface area contributed by atoms with Crippen LogP contribution < -0.4 is 113 Å². The number of carbonyl (C=O) groups is 22.